The molecule has 9 aromatic carbocycles. The number of hydrogen-bond acceptors (Lipinski definition) is 4. The second kappa shape index (κ2) is 19.7. The van der Waals surface area contributed by atoms with E-state index in [1.54, 1.807) is 12.3 Å². The Hall–Kier alpha value is -7.98. The Morgan fingerprint density at radius 2 is 1.08 bits per heavy atom. The summed E-state index contributed by atoms with van der Waals surface area (Å²) in [5.41, 5.74) is 16.2. The van der Waals surface area contributed by atoms with Crippen LogP contribution in [0, 0.1) is 25.7 Å². The molecule has 1 aliphatic rings. The summed E-state index contributed by atoms with van der Waals surface area (Å²) >= 11 is 0. The van der Waals surface area contributed by atoms with E-state index in [1.807, 2.05) is 65.2 Å². The predicted molar refractivity (Wildman–Crippen MR) is 308 cm³/mol. The van der Waals surface area contributed by atoms with Crippen molar-refractivity contribution >= 4 is 44.6 Å². The normalized spacial score (nSPS) is 13.3. The number of rotatable bonds is 9. The van der Waals surface area contributed by atoms with E-state index in [0.717, 1.165) is 78.0 Å². The Bertz CT molecular complexity index is 4000. The summed E-state index contributed by atoms with van der Waals surface area (Å²) in [4.78, 5) is 9.45. The second-order valence-electron chi connectivity index (χ2n) is 21.2. The molecule has 0 saturated heterocycles. The van der Waals surface area contributed by atoms with E-state index in [4.69, 9.17) is 13.8 Å². The Kier molecular flexibility index (Phi) is 12.0. The molecule has 0 saturated carbocycles. The molecule has 0 fully saturated rings. The van der Waals surface area contributed by atoms with Crippen molar-refractivity contribution in [2.75, 3.05) is 9.80 Å². The van der Waals surface area contributed by atoms with Crippen molar-refractivity contribution in [1.82, 2.24) is 9.55 Å². The summed E-state index contributed by atoms with van der Waals surface area (Å²) in [7, 11) is 0. The van der Waals surface area contributed by atoms with Crippen LogP contribution in [0.1, 0.15) is 62.3 Å². The Labute approximate surface area is 460 Å². The second-order valence-corrected chi connectivity index (χ2v) is 21.2. The predicted octanol–water partition coefficient (Wildman–Crippen LogP) is 18.5. The first-order valence-corrected chi connectivity index (χ1v) is 25.3. The molecular formula is C69H57N4OPt-3. The van der Waals surface area contributed by atoms with Crippen LogP contribution in [-0.4, -0.2) is 9.55 Å². The van der Waals surface area contributed by atoms with Gasteiger partial charge in [0.2, 0.25) is 0 Å². The fourth-order valence-corrected chi connectivity index (χ4v) is 10.3. The number of nitrogens with zero attached hydrogens (tertiary/aromatic N) is 4. The molecule has 0 radical (unpaired) electrons. The summed E-state index contributed by atoms with van der Waals surface area (Å²) in [5, 5.41) is 1.92. The van der Waals surface area contributed by atoms with E-state index in [1.165, 1.54) is 11.1 Å². The number of ether oxygens (including phenoxy) is 1. The van der Waals surface area contributed by atoms with E-state index in [-0.39, 0.29) is 37.5 Å². The van der Waals surface area contributed by atoms with E-state index in [2.05, 4.69) is 210 Å². The van der Waals surface area contributed by atoms with E-state index in [0.29, 0.717) is 28.4 Å². The van der Waals surface area contributed by atoms with Gasteiger partial charge in [0.1, 0.15) is 5.82 Å². The van der Waals surface area contributed by atoms with Crippen molar-refractivity contribution in [1.29, 1.82) is 0 Å². The molecule has 0 atom stereocenters. The van der Waals surface area contributed by atoms with Crippen LogP contribution in [-0.2, 0) is 31.9 Å². The summed E-state index contributed by atoms with van der Waals surface area (Å²) < 4.78 is 34.8. The Balaban J connectivity index is 0.00000645. The van der Waals surface area contributed by atoms with Gasteiger partial charge >= 0.3 is 0 Å². The molecular weight excluding hydrogens is 1100 g/mol. The van der Waals surface area contributed by atoms with Crippen LogP contribution in [0.4, 0.5) is 22.7 Å². The van der Waals surface area contributed by atoms with Crippen molar-refractivity contribution < 1.29 is 29.9 Å². The largest absolute Gasteiger partial charge is 0.509 e. The molecule has 2 aromatic heterocycles. The molecule has 0 amide bonds. The molecule has 0 unspecified atom stereocenters. The zero-order valence-corrected chi connectivity index (χ0v) is 45.1. The van der Waals surface area contributed by atoms with Crippen LogP contribution in [0.5, 0.6) is 11.5 Å². The van der Waals surface area contributed by atoms with Gasteiger partial charge in [0, 0.05) is 82.1 Å². The fourth-order valence-electron chi connectivity index (χ4n) is 10.3. The fraction of sp³-hybridized carbons (Fsp3) is 0.130. The third kappa shape index (κ3) is 9.36. The molecule has 3 heterocycles. The SMILES string of the molecule is [2H]C([2H])([2H])c1cc(-n2c3[c-]c(Oc4[c-]c(N5[CH-]N(c6c(-c7ccc(C(C)(C)C)cc7)cccc6-c6cccc(-c7ccccc7)c6)c6ccccc65)ccc4)ccc3c3ccccc32)ncc1-c1ccc(C(C)(C)C)cc1.[Pt]. The third-order valence-corrected chi connectivity index (χ3v) is 14.2. The van der Waals surface area contributed by atoms with E-state index < -0.39 is 6.85 Å². The maximum atomic E-state index is 8.69. The van der Waals surface area contributed by atoms with Gasteiger partial charge in [-0.15, -0.1) is 48.1 Å². The van der Waals surface area contributed by atoms with Crippen molar-refractivity contribution in [2.24, 2.45) is 0 Å². The number of hydrogen-bond donors (Lipinski definition) is 0. The molecule has 1 aliphatic heterocycles. The minimum absolute atomic E-state index is 0. The molecule has 0 bridgehead atoms. The average molecular weight is 1160 g/mol. The van der Waals surface area contributed by atoms with Crippen LogP contribution in [0.25, 0.3) is 72.1 Å². The maximum absolute atomic E-state index is 8.69. The van der Waals surface area contributed by atoms with Crippen molar-refractivity contribution in [3.8, 4) is 61.8 Å². The zero-order chi connectivity index (χ0) is 53.2. The molecule has 5 nitrogen and oxygen atoms in total. The van der Waals surface area contributed by atoms with Gasteiger partial charge in [-0.1, -0.05) is 193 Å². The van der Waals surface area contributed by atoms with Crippen LogP contribution >= 0.6 is 0 Å². The number of aromatic nitrogens is 2. The molecule has 0 aliphatic carbocycles. The van der Waals surface area contributed by atoms with Gasteiger partial charge in [-0.2, -0.15) is 12.1 Å². The first kappa shape index (κ1) is 45.6. The monoisotopic (exact) mass is 1160 g/mol. The number of anilines is 4. The molecule has 12 rings (SSSR count). The number of aryl methyl sites for hydroxylation is 1. The Morgan fingerprint density at radius 1 is 0.493 bits per heavy atom. The van der Waals surface area contributed by atoms with Crippen LogP contribution in [0.3, 0.4) is 0 Å². The Morgan fingerprint density at radius 3 is 1.79 bits per heavy atom. The standard InChI is InChI=1S/C69H57N4O.Pt/c1-46-40-66(70-44-61(46)49-32-36-53(37-33-49)69(5,6)7)73-62-27-12-11-24-59(62)60-39-38-56(43-65(60)73)74-55-23-16-22-54(42-55)71-45-72(64-29-14-13-28-63(64)71)67-57(48-30-34-52(35-31-48)68(2,3)4)25-17-26-58(67)51-21-15-20-50(41-51)47-18-9-8-10-19-47;/h8-41,44-45H,1-7H3;/q-3;/i1D3;. The van der Waals surface area contributed by atoms with Crippen molar-refractivity contribution in [3.63, 3.8) is 0 Å². The minimum Gasteiger partial charge on any atom is -0.509 e. The van der Waals surface area contributed by atoms with Crippen LogP contribution < -0.4 is 14.5 Å². The van der Waals surface area contributed by atoms with E-state index >= 15 is 0 Å². The van der Waals surface area contributed by atoms with Gasteiger partial charge in [-0.25, -0.2) is 4.98 Å². The van der Waals surface area contributed by atoms with Crippen molar-refractivity contribution in [2.45, 2.75) is 59.2 Å². The molecule has 75 heavy (non-hydrogen) atoms. The molecule has 0 spiro atoms. The molecule has 0 N–H and O–H groups in total. The van der Waals surface area contributed by atoms with Gasteiger partial charge in [-0.05, 0) is 97.9 Å². The third-order valence-electron chi connectivity index (χ3n) is 14.2. The number of benzene rings is 9. The maximum Gasteiger partial charge on any atom is 0.135 e. The van der Waals surface area contributed by atoms with Gasteiger partial charge in [0.15, 0.2) is 0 Å². The molecule has 372 valence electrons. The zero-order valence-electron chi connectivity index (χ0n) is 45.8. The first-order valence-electron chi connectivity index (χ1n) is 26.8. The molecule has 11 aromatic rings. The van der Waals surface area contributed by atoms with Gasteiger partial charge in [0.05, 0.1) is 0 Å². The summed E-state index contributed by atoms with van der Waals surface area (Å²) in [6.45, 7) is 13.0. The summed E-state index contributed by atoms with van der Waals surface area (Å²) in [6, 6.07) is 78.4. The molecule has 6 heteroatoms. The number of fused-ring (bicyclic) bond motifs is 4. The summed E-state index contributed by atoms with van der Waals surface area (Å²) in [5.74, 6) is 1.46. The van der Waals surface area contributed by atoms with Crippen LogP contribution in [0.15, 0.2) is 212 Å². The van der Waals surface area contributed by atoms with Gasteiger partial charge in [-0.3, -0.25) is 0 Å². The first-order chi connectivity index (χ1) is 37.1. The number of pyridine rings is 1. The summed E-state index contributed by atoms with van der Waals surface area (Å²) in [6.07, 6.45) is 1.69. The van der Waals surface area contributed by atoms with Crippen molar-refractivity contribution in [3.05, 3.63) is 248 Å². The smallest absolute Gasteiger partial charge is 0.135 e. The van der Waals surface area contributed by atoms with Gasteiger partial charge < -0.3 is 19.1 Å². The topological polar surface area (TPSA) is 33.5 Å². The average Bonchev–Trinajstić information content (AvgIpc) is 4.15. The van der Waals surface area contributed by atoms with Gasteiger partial charge in [0.25, 0.3) is 0 Å². The van der Waals surface area contributed by atoms with Crippen LogP contribution in [0.2, 0.25) is 0 Å². The number of para-hydroxylation sites is 4. The van der Waals surface area contributed by atoms with E-state index in [9.17, 15) is 0 Å². The minimum atomic E-state index is -2.41. The quantitative estimate of drug-likeness (QED) is 0.135.